The van der Waals surface area contributed by atoms with E-state index < -0.39 is 0 Å². The second kappa shape index (κ2) is 9.40. The molecule has 0 bridgehead atoms. The highest BCUT2D eigenvalue weighted by Gasteiger charge is 2.24. The Hall–Kier alpha value is -2.40. The molecule has 1 aromatic carbocycles. The highest BCUT2D eigenvalue weighted by molar-refractivity contribution is 5.94. The van der Waals surface area contributed by atoms with Crippen molar-refractivity contribution in [2.45, 2.75) is 25.7 Å². The van der Waals surface area contributed by atoms with Gasteiger partial charge in [0.05, 0.1) is 5.56 Å². The predicted octanol–water partition coefficient (Wildman–Crippen LogP) is 3.32. The first-order valence-corrected chi connectivity index (χ1v) is 10.9. The lowest BCUT2D eigenvalue weighted by Crippen LogP contribution is -2.44. The SMILES string of the molecule is CN1CCN(c2ccc(C(=O)N3CCC(CCc4ccccc4)CC3)cn2)CC1. The molecule has 0 aliphatic carbocycles. The summed E-state index contributed by atoms with van der Waals surface area (Å²) in [6, 6.07) is 14.7. The molecule has 2 aliphatic rings. The highest BCUT2D eigenvalue weighted by Crippen LogP contribution is 2.24. The van der Waals surface area contributed by atoms with Crippen molar-refractivity contribution in [3.63, 3.8) is 0 Å². The number of benzene rings is 1. The molecule has 3 heterocycles. The third-order valence-electron chi connectivity index (χ3n) is 6.41. The van der Waals surface area contributed by atoms with Gasteiger partial charge in [-0.05, 0) is 56.3 Å². The molecule has 0 unspecified atom stereocenters. The Labute approximate surface area is 174 Å². The third-order valence-corrected chi connectivity index (χ3v) is 6.41. The third kappa shape index (κ3) is 5.15. The fraction of sp³-hybridized carbons (Fsp3) is 0.500. The van der Waals surface area contributed by atoms with Crippen LogP contribution in [-0.2, 0) is 6.42 Å². The lowest BCUT2D eigenvalue weighted by Gasteiger charge is -2.33. The van der Waals surface area contributed by atoms with Gasteiger partial charge in [-0.25, -0.2) is 4.98 Å². The van der Waals surface area contributed by atoms with E-state index in [-0.39, 0.29) is 5.91 Å². The number of nitrogens with zero attached hydrogens (tertiary/aromatic N) is 4. The zero-order chi connectivity index (χ0) is 20.1. The van der Waals surface area contributed by atoms with Crippen LogP contribution in [0.1, 0.15) is 35.2 Å². The Morgan fingerprint density at radius 2 is 1.69 bits per heavy atom. The van der Waals surface area contributed by atoms with E-state index in [1.807, 2.05) is 17.0 Å². The monoisotopic (exact) mass is 392 g/mol. The molecule has 0 saturated carbocycles. The normalized spacial score (nSPS) is 18.8. The van der Waals surface area contributed by atoms with Crippen LogP contribution in [0.25, 0.3) is 0 Å². The Kier molecular flexibility index (Phi) is 6.45. The maximum Gasteiger partial charge on any atom is 0.255 e. The van der Waals surface area contributed by atoms with Crippen LogP contribution >= 0.6 is 0 Å². The second-order valence-electron chi connectivity index (χ2n) is 8.46. The molecule has 2 aromatic rings. The van der Waals surface area contributed by atoms with Gasteiger partial charge in [-0.15, -0.1) is 0 Å². The summed E-state index contributed by atoms with van der Waals surface area (Å²) in [6.45, 7) is 5.82. The standard InChI is InChI=1S/C24H32N4O/c1-26-15-17-27(18-16-26)23-10-9-22(19-25-23)24(29)28-13-11-21(12-14-28)8-7-20-5-3-2-4-6-20/h2-6,9-10,19,21H,7-8,11-18H2,1H3. The average molecular weight is 393 g/mol. The summed E-state index contributed by atoms with van der Waals surface area (Å²) in [4.78, 5) is 24.1. The maximum absolute atomic E-state index is 12.9. The number of pyridine rings is 1. The summed E-state index contributed by atoms with van der Waals surface area (Å²) in [5.74, 6) is 1.83. The van der Waals surface area contributed by atoms with Crippen molar-refractivity contribution >= 4 is 11.7 Å². The average Bonchev–Trinajstić information content (AvgIpc) is 2.79. The number of rotatable bonds is 5. The summed E-state index contributed by atoms with van der Waals surface area (Å²) in [5.41, 5.74) is 2.13. The molecule has 0 N–H and O–H groups in total. The number of carbonyl (C=O) groups excluding carboxylic acids is 1. The van der Waals surface area contributed by atoms with Crippen molar-refractivity contribution in [3.8, 4) is 0 Å². The predicted molar refractivity (Wildman–Crippen MR) is 117 cm³/mol. The number of carbonyl (C=O) groups is 1. The van der Waals surface area contributed by atoms with E-state index in [0.717, 1.165) is 70.3 Å². The summed E-state index contributed by atoms with van der Waals surface area (Å²) >= 11 is 0. The number of anilines is 1. The highest BCUT2D eigenvalue weighted by atomic mass is 16.2. The number of aromatic nitrogens is 1. The number of likely N-dealkylation sites (tertiary alicyclic amines) is 1. The summed E-state index contributed by atoms with van der Waals surface area (Å²) in [7, 11) is 2.15. The zero-order valence-electron chi connectivity index (χ0n) is 17.5. The molecular weight excluding hydrogens is 360 g/mol. The van der Waals surface area contributed by atoms with E-state index in [2.05, 4.69) is 52.2 Å². The van der Waals surface area contributed by atoms with Crippen LogP contribution in [0.5, 0.6) is 0 Å². The van der Waals surface area contributed by atoms with Crippen LogP contribution in [0.15, 0.2) is 48.7 Å². The van der Waals surface area contributed by atoms with Gasteiger partial charge in [0.1, 0.15) is 5.82 Å². The van der Waals surface area contributed by atoms with Crippen molar-refractivity contribution in [1.82, 2.24) is 14.8 Å². The molecule has 29 heavy (non-hydrogen) atoms. The van der Waals surface area contributed by atoms with Crippen molar-refractivity contribution in [2.75, 3.05) is 51.2 Å². The fourth-order valence-corrected chi connectivity index (χ4v) is 4.36. The van der Waals surface area contributed by atoms with Crippen LogP contribution in [0, 0.1) is 5.92 Å². The molecule has 4 rings (SSSR count). The molecule has 2 fully saturated rings. The minimum absolute atomic E-state index is 0.129. The van der Waals surface area contributed by atoms with Gasteiger partial charge in [0.15, 0.2) is 0 Å². The minimum atomic E-state index is 0.129. The zero-order valence-corrected chi connectivity index (χ0v) is 17.5. The lowest BCUT2D eigenvalue weighted by atomic mass is 9.90. The van der Waals surface area contributed by atoms with Crippen LogP contribution in [0.4, 0.5) is 5.82 Å². The Morgan fingerprint density at radius 3 is 2.34 bits per heavy atom. The molecular formula is C24H32N4O. The molecule has 2 saturated heterocycles. The molecule has 0 spiro atoms. The van der Waals surface area contributed by atoms with Crippen molar-refractivity contribution in [2.24, 2.45) is 5.92 Å². The quantitative estimate of drug-likeness (QED) is 0.783. The number of aryl methyl sites for hydroxylation is 1. The maximum atomic E-state index is 12.9. The first-order valence-electron chi connectivity index (χ1n) is 10.9. The fourth-order valence-electron chi connectivity index (χ4n) is 4.36. The lowest BCUT2D eigenvalue weighted by molar-refractivity contribution is 0.0686. The van der Waals surface area contributed by atoms with Crippen LogP contribution in [-0.4, -0.2) is 67.0 Å². The molecule has 0 atom stereocenters. The van der Waals surface area contributed by atoms with Gasteiger partial charge in [-0.2, -0.15) is 0 Å². The first-order chi connectivity index (χ1) is 14.2. The van der Waals surface area contributed by atoms with E-state index in [9.17, 15) is 4.79 Å². The summed E-state index contributed by atoms with van der Waals surface area (Å²) in [6.07, 6.45) is 6.32. The van der Waals surface area contributed by atoms with Gasteiger partial charge in [0.2, 0.25) is 0 Å². The topological polar surface area (TPSA) is 39.7 Å². The Morgan fingerprint density at radius 1 is 0.966 bits per heavy atom. The van der Waals surface area contributed by atoms with Crippen LogP contribution < -0.4 is 4.90 Å². The van der Waals surface area contributed by atoms with E-state index >= 15 is 0 Å². The van der Waals surface area contributed by atoms with E-state index in [4.69, 9.17) is 0 Å². The smallest absolute Gasteiger partial charge is 0.255 e. The number of amides is 1. The van der Waals surface area contributed by atoms with E-state index in [1.165, 1.54) is 12.0 Å². The molecule has 1 amide bonds. The van der Waals surface area contributed by atoms with Gasteiger partial charge >= 0.3 is 0 Å². The van der Waals surface area contributed by atoms with Crippen LogP contribution in [0.2, 0.25) is 0 Å². The van der Waals surface area contributed by atoms with Crippen molar-refractivity contribution in [3.05, 3.63) is 59.8 Å². The van der Waals surface area contributed by atoms with Crippen LogP contribution in [0.3, 0.4) is 0 Å². The first kappa shape index (κ1) is 19.9. The number of hydrogen-bond donors (Lipinski definition) is 0. The Balaban J connectivity index is 1.26. The molecule has 5 heteroatoms. The van der Waals surface area contributed by atoms with Crippen molar-refractivity contribution in [1.29, 1.82) is 0 Å². The van der Waals surface area contributed by atoms with E-state index in [0.29, 0.717) is 5.56 Å². The molecule has 154 valence electrons. The number of likely N-dealkylation sites (N-methyl/N-ethyl adjacent to an activating group) is 1. The summed E-state index contributed by atoms with van der Waals surface area (Å²) in [5, 5.41) is 0. The number of hydrogen-bond acceptors (Lipinski definition) is 4. The number of piperidine rings is 1. The van der Waals surface area contributed by atoms with Gasteiger partial charge in [0, 0.05) is 45.5 Å². The van der Waals surface area contributed by atoms with Crippen molar-refractivity contribution < 1.29 is 4.79 Å². The van der Waals surface area contributed by atoms with E-state index in [1.54, 1.807) is 6.20 Å². The number of piperazine rings is 1. The largest absolute Gasteiger partial charge is 0.354 e. The minimum Gasteiger partial charge on any atom is -0.354 e. The van der Waals surface area contributed by atoms with Gasteiger partial charge in [-0.1, -0.05) is 30.3 Å². The van der Waals surface area contributed by atoms with Gasteiger partial charge < -0.3 is 14.7 Å². The molecule has 5 nitrogen and oxygen atoms in total. The second-order valence-corrected chi connectivity index (χ2v) is 8.46. The summed E-state index contributed by atoms with van der Waals surface area (Å²) < 4.78 is 0. The molecule has 1 aromatic heterocycles. The van der Waals surface area contributed by atoms with Gasteiger partial charge in [-0.3, -0.25) is 4.79 Å². The molecule has 0 radical (unpaired) electrons. The Bertz CT molecular complexity index is 776. The molecule has 2 aliphatic heterocycles. The van der Waals surface area contributed by atoms with Gasteiger partial charge in [0.25, 0.3) is 5.91 Å².